The van der Waals surface area contributed by atoms with E-state index in [1.807, 2.05) is 18.2 Å². The van der Waals surface area contributed by atoms with Gasteiger partial charge in [-0.15, -0.1) is 6.58 Å². The van der Waals surface area contributed by atoms with Gasteiger partial charge < -0.3 is 9.47 Å². The first-order chi connectivity index (χ1) is 7.28. The Balaban J connectivity index is 3.21. The van der Waals surface area contributed by atoms with Gasteiger partial charge >= 0.3 is 0 Å². The molecule has 1 rings (SSSR count). The predicted molar refractivity (Wildman–Crippen MR) is 59.8 cm³/mol. The zero-order chi connectivity index (χ0) is 11.3. The molecular weight excluding hydrogens is 192 g/mol. The maximum atomic E-state index is 5.41. The van der Waals surface area contributed by atoms with Crippen LogP contribution in [0.1, 0.15) is 11.6 Å². The van der Waals surface area contributed by atoms with Crippen molar-refractivity contribution < 1.29 is 9.47 Å². The van der Waals surface area contributed by atoms with E-state index in [0.717, 1.165) is 5.56 Å². The summed E-state index contributed by atoms with van der Waals surface area (Å²) >= 11 is 0. The quantitative estimate of drug-likeness (QED) is 0.436. The molecule has 1 aromatic rings. The smallest absolute Gasteiger partial charge is 0.165 e. The second kappa shape index (κ2) is 5.38. The van der Waals surface area contributed by atoms with E-state index < -0.39 is 0 Å². The number of hydrogen-bond donors (Lipinski definition) is 2. The van der Waals surface area contributed by atoms with Crippen LogP contribution in [0, 0.1) is 0 Å². The monoisotopic (exact) mass is 208 g/mol. The van der Waals surface area contributed by atoms with Gasteiger partial charge in [0.15, 0.2) is 11.5 Å². The Morgan fingerprint density at radius 2 is 2.13 bits per heavy atom. The summed E-state index contributed by atoms with van der Waals surface area (Å²) in [6.07, 6.45) is 1.71. The summed E-state index contributed by atoms with van der Waals surface area (Å²) in [4.78, 5) is 0. The highest BCUT2D eigenvalue weighted by Gasteiger charge is 2.14. The third-order valence-electron chi connectivity index (χ3n) is 2.18. The molecule has 0 aliphatic carbocycles. The van der Waals surface area contributed by atoms with Crippen LogP contribution >= 0.6 is 0 Å². The molecule has 82 valence electrons. The second-order valence-electron chi connectivity index (χ2n) is 2.96. The molecule has 0 radical (unpaired) electrons. The third kappa shape index (κ3) is 2.29. The number of nitrogens with two attached hydrogens (primary N) is 1. The van der Waals surface area contributed by atoms with Crippen molar-refractivity contribution in [3.05, 3.63) is 36.4 Å². The fourth-order valence-electron chi connectivity index (χ4n) is 1.44. The molecule has 0 bridgehead atoms. The van der Waals surface area contributed by atoms with Crippen LogP contribution in [-0.4, -0.2) is 14.2 Å². The van der Waals surface area contributed by atoms with Gasteiger partial charge in [0, 0.05) is 5.56 Å². The van der Waals surface area contributed by atoms with Crippen LogP contribution in [0.25, 0.3) is 0 Å². The standard InChI is InChI=1S/C11H16N2O2/c1-4-9(13-12)8-6-5-7-10(14-2)11(8)15-3/h4-7,9,13H,1,12H2,2-3H3. The van der Waals surface area contributed by atoms with Crippen molar-refractivity contribution in [1.29, 1.82) is 0 Å². The molecule has 3 N–H and O–H groups in total. The Morgan fingerprint density at radius 1 is 1.40 bits per heavy atom. The number of hydrogen-bond acceptors (Lipinski definition) is 4. The van der Waals surface area contributed by atoms with E-state index >= 15 is 0 Å². The lowest BCUT2D eigenvalue weighted by atomic mass is 10.1. The van der Waals surface area contributed by atoms with Gasteiger partial charge in [0.05, 0.1) is 20.3 Å². The van der Waals surface area contributed by atoms with E-state index in [4.69, 9.17) is 15.3 Å². The van der Waals surface area contributed by atoms with Gasteiger partial charge in [-0.1, -0.05) is 18.2 Å². The van der Waals surface area contributed by atoms with Crippen molar-refractivity contribution in [3.63, 3.8) is 0 Å². The molecule has 0 aromatic heterocycles. The molecule has 0 saturated carbocycles. The van der Waals surface area contributed by atoms with Gasteiger partial charge in [-0.05, 0) is 6.07 Å². The minimum Gasteiger partial charge on any atom is -0.493 e. The number of benzene rings is 1. The van der Waals surface area contributed by atoms with Crippen molar-refractivity contribution in [2.75, 3.05) is 14.2 Å². The molecule has 1 aromatic carbocycles. The summed E-state index contributed by atoms with van der Waals surface area (Å²) < 4.78 is 10.5. The SMILES string of the molecule is C=CC(NN)c1cccc(OC)c1OC. The van der Waals surface area contributed by atoms with E-state index in [9.17, 15) is 0 Å². The molecule has 0 aliphatic heterocycles. The number of methoxy groups -OCH3 is 2. The van der Waals surface area contributed by atoms with Gasteiger partial charge in [-0.25, -0.2) is 5.43 Å². The highest BCUT2D eigenvalue weighted by atomic mass is 16.5. The summed E-state index contributed by atoms with van der Waals surface area (Å²) in [7, 11) is 3.19. The average molecular weight is 208 g/mol. The summed E-state index contributed by atoms with van der Waals surface area (Å²) in [5.74, 6) is 6.76. The van der Waals surface area contributed by atoms with Crippen molar-refractivity contribution in [1.82, 2.24) is 5.43 Å². The fraction of sp³-hybridized carbons (Fsp3) is 0.273. The van der Waals surface area contributed by atoms with Gasteiger partial charge in [-0.2, -0.15) is 0 Å². The van der Waals surface area contributed by atoms with Gasteiger partial charge in [0.2, 0.25) is 0 Å². The molecule has 0 fully saturated rings. The number of hydrazine groups is 1. The first-order valence-corrected chi connectivity index (χ1v) is 4.58. The van der Waals surface area contributed by atoms with Crippen LogP contribution in [0.4, 0.5) is 0 Å². The second-order valence-corrected chi connectivity index (χ2v) is 2.96. The molecule has 0 aliphatic rings. The lowest BCUT2D eigenvalue weighted by Crippen LogP contribution is -2.26. The molecule has 0 amide bonds. The normalized spacial score (nSPS) is 11.9. The summed E-state index contributed by atoms with van der Waals surface area (Å²) in [5, 5.41) is 0. The highest BCUT2D eigenvalue weighted by molar-refractivity contribution is 5.48. The van der Waals surface area contributed by atoms with E-state index in [2.05, 4.69) is 12.0 Å². The Labute approximate surface area is 89.7 Å². The molecule has 0 heterocycles. The summed E-state index contributed by atoms with van der Waals surface area (Å²) in [6.45, 7) is 3.70. The number of nitrogens with one attached hydrogen (secondary N) is 1. The predicted octanol–water partition coefficient (Wildman–Crippen LogP) is 1.39. The van der Waals surface area contributed by atoms with Crippen molar-refractivity contribution in [2.24, 2.45) is 5.84 Å². The van der Waals surface area contributed by atoms with E-state index in [1.54, 1.807) is 20.3 Å². The van der Waals surface area contributed by atoms with Crippen molar-refractivity contribution in [2.45, 2.75) is 6.04 Å². The van der Waals surface area contributed by atoms with Crippen LogP contribution in [0.5, 0.6) is 11.5 Å². The maximum absolute atomic E-state index is 5.41. The topological polar surface area (TPSA) is 56.5 Å². The molecule has 4 nitrogen and oxygen atoms in total. The number of para-hydroxylation sites is 1. The summed E-state index contributed by atoms with van der Waals surface area (Å²) in [6, 6.07) is 5.46. The van der Waals surface area contributed by atoms with Crippen molar-refractivity contribution in [3.8, 4) is 11.5 Å². The Morgan fingerprint density at radius 3 is 2.60 bits per heavy atom. The van der Waals surface area contributed by atoms with Crippen LogP contribution in [-0.2, 0) is 0 Å². The zero-order valence-electron chi connectivity index (χ0n) is 8.99. The van der Waals surface area contributed by atoms with Crippen LogP contribution in [0.15, 0.2) is 30.9 Å². The molecule has 15 heavy (non-hydrogen) atoms. The fourth-order valence-corrected chi connectivity index (χ4v) is 1.44. The molecule has 0 spiro atoms. The van der Waals surface area contributed by atoms with Crippen LogP contribution in [0.3, 0.4) is 0 Å². The number of rotatable bonds is 5. The van der Waals surface area contributed by atoms with E-state index in [-0.39, 0.29) is 6.04 Å². The van der Waals surface area contributed by atoms with Crippen LogP contribution in [0.2, 0.25) is 0 Å². The molecular formula is C11H16N2O2. The molecule has 0 saturated heterocycles. The molecule has 4 heteroatoms. The van der Waals surface area contributed by atoms with Gasteiger partial charge in [0.1, 0.15) is 0 Å². The largest absolute Gasteiger partial charge is 0.493 e. The van der Waals surface area contributed by atoms with E-state index in [0.29, 0.717) is 11.5 Å². The van der Waals surface area contributed by atoms with Gasteiger partial charge in [-0.3, -0.25) is 5.84 Å². The first-order valence-electron chi connectivity index (χ1n) is 4.58. The highest BCUT2D eigenvalue weighted by Crippen LogP contribution is 2.34. The number of ether oxygens (including phenoxy) is 2. The Bertz CT molecular complexity index is 339. The van der Waals surface area contributed by atoms with Gasteiger partial charge in [0.25, 0.3) is 0 Å². The maximum Gasteiger partial charge on any atom is 0.165 e. The van der Waals surface area contributed by atoms with Crippen LogP contribution < -0.4 is 20.7 Å². The molecule has 1 unspecified atom stereocenters. The molecule has 1 atom stereocenters. The zero-order valence-corrected chi connectivity index (χ0v) is 8.99. The minimum atomic E-state index is -0.157. The summed E-state index contributed by atoms with van der Waals surface area (Å²) in [5.41, 5.74) is 3.54. The third-order valence-corrected chi connectivity index (χ3v) is 2.18. The Kier molecular flexibility index (Phi) is 4.15. The first kappa shape index (κ1) is 11.6. The lowest BCUT2D eigenvalue weighted by Gasteiger charge is -2.17. The van der Waals surface area contributed by atoms with Crippen molar-refractivity contribution >= 4 is 0 Å². The lowest BCUT2D eigenvalue weighted by molar-refractivity contribution is 0.349. The van der Waals surface area contributed by atoms with E-state index in [1.165, 1.54) is 0 Å². The minimum absolute atomic E-state index is 0.157. The Hall–Kier alpha value is -1.52. The average Bonchev–Trinajstić information content (AvgIpc) is 2.30.